The molecule has 1 fully saturated rings. The number of fused-ring (bicyclic) bond motifs is 1. The highest BCUT2D eigenvalue weighted by atomic mass is 16.4. The van der Waals surface area contributed by atoms with Crippen LogP contribution in [0, 0.1) is 0 Å². The average Bonchev–Trinajstić information content (AvgIpc) is 3.07. The molecule has 2 aliphatic rings. The zero-order chi connectivity index (χ0) is 17.9. The number of allylic oxidation sites excluding steroid dienone is 1. The van der Waals surface area contributed by atoms with Crippen LogP contribution in [-0.4, -0.2) is 30.2 Å². The molecule has 0 amide bonds. The maximum atomic E-state index is 11.3. The van der Waals surface area contributed by atoms with E-state index < -0.39 is 5.97 Å². The van der Waals surface area contributed by atoms with Gasteiger partial charge in [0.2, 0.25) is 0 Å². The molecule has 0 radical (unpaired) electrons. The van der Waals surface area contributed by atoms with Crippen molar-refractivity contribution >= 4 is 17.2 Å². The van der Waals surface area contributed by atoms with Crippen LogP contribution in [0.3, 0.4) is 0 Å². The highest BCUT2D eigenvalue weighted by molar-refractivity contribution is 5.90. The molecule has 26 heavy (non-hydrogen) atoms. The van der Waals surface area contributed by atoms with Gasteiger partial charge in [-0.2, -0.15) is 0 Å². The van der Waals surface area contributed by atoms with Gasteiger partial charge in [-0.05, 0) is 78.8 Å². The molecule has 4 nitrogen and oxygen atoms in total. The normalized spacial score (nSPS) is 19.4. The molecule has 0 saturated carbocycles. The van der Waals surface area contributed by atoms with Gasteiger partial charge in [-0.15, -0.1) is 0 Å². The van der Waals surface area contributed by atoms with Gasteiger partial charge >= 0.3 is 5.97 Å². The van der Waals surface area contributed by atoms with E-state index >= 15 is 0 Å². The van der Waals surface area contributed by atoms with Gasteiger partial charge in [0.25, 0.3) is 0 Å². The number of carbonyl (C=O) groups is 1. The zero-order valence-electron chi connectivity index (χ0n) is 14.8. The fourth-order valence-corrected chi connectivity index (χ4v) is 3.88. The van der Waals surface area contributed by atoms with E-state index in [4.69, 9.17) is 0 Å². The van der Waals surface area contributed by atoms with Crippen LogP contribution in [0.15, 0.2) is 48.5 Å². The second kappa shape index (κ2) is 7.34. The lowest BCUT2D eigenvalue weighted by molar-refractivity contribution is 0.0696. The Balaban J connectivity index is 1.61. The fraction of sp³-hybridized carbons (Fsp3) is 0.318. The van der Waals surface area contributed by atoms with E-state index in [1.54, 1.807) is 6.07 Å². The fourth-order valence-electron chi connectivity index (χ4n) is 3.88. The SMILES string of the molecule is O=C(O)c1ccc2c(c1)CCCC=C2c1ccc(NC2CCNC2)cc1. The lowest BCUT2D eigenvalue weighted by Crippen LogP contribution is -2.21. The van der Waals surface area contributed by atoms with Crippen LogP contribution in [0.5, 0.6) is 0 Å². The van der Waals surface area contributed by atoms with Gasteiger partial charge in [-0.3, -0.25) is 0 Å². The van der Waals surface area contributed by atoms with Crippen molar-refractivity contribution in [3.05, 3.63) is 70.8 Å². The van der Waals surface area contributed by atoms with Crippen LogP contribution < -0.4 is 10.6 Å². The van der Waals surface area contributed by atoms with Crippen molar-refractivity contribution in [2.75, 3.05) is 18.4 Å². The summed E-state index contributed by atoms with van der Waals surface area (Å²) < 4.78 is 0. The Bertz CT molecular complexity index is 834. The Morgan fingerprint density at radius 1 is 1.15 bits per heavy atom. The molecule has 0 bridgehead atoms. The summed E-state index contributed by atoms with van der Waals surface area (Å²) in [5.74, 6) is -0.862. The molecular weight excluding hydrogens is 324 g/mol. The minimum atomic E-state index is -0.862. The van der Waals surface area contributed by atoms with Crippen LogP contribution in [0.25, 0.3) is 5.57 Å². The molecule has 1 aliphatic carbocycles. The number of carboxylic acids is 1. The molecule has 0 aromatic heterocycles. The van der Waals surface area contributed by atoms with Crippen molar-refractivity contribution in [2.45, 2.75) is 31.7 Å². The Morgan fingerprint density at radius 2 is 2.00 bits per heavy atom. The van der Waals surface area contributed by atoms with Crippen LogP contribution >= 0.6 is 0 Å². The molecule has 4 rings (SSSR count). The molecule has 2 aromatic rings. The molecule has 134 valence electrons. The van der Waals surface area contributed by atoms with Gasteiger partial charge in [-0.1, -0.05) is 24.3 Å². The van der Waals surface area contributed by atoms with Crippen LogP contribution in [0.1, 0.15) is 46.3 Å². The second-order valence-corrected chi connectivity index (χ2v) is 7.10. The van der Waals surface area contributed by atoms with E-state index in [2.05, 4.69) is 41.0 Å². The molecule has 2 aromatic carbocycles. The number of hydrogen-bond donors (Lipinski definition) is 3. The van der Waals surface area contributed by atoms with E-state index in [9.17, 15) is 9.90 Å². The van der Waals surface area contributed by atoms with E-state index in [1.807, 2.05) is 12.1 Å². The van der Waals surface area contributed by atoms with Crippen molar-refractivity contribution in [2.24, 2.45) is 0 Å². The number of aromatic carboxylic acids is 1. The third kappa shape index (κ3) is 3.51. The number of nitrogens with one attached hydrogen (secondary N) is 2. The van der Waals surface area contributed by atoms with Crippen LogP contribution in [0.2, 0.25) is 0 Å². The average molecular weight is 348 g/mol. The summed E-state index contributed by atoms with van der Waals surface area (Å²) in [6.07, 6.45) is 6.43. The molecule has 0 spiro atoms. The number of carboxylic acid groups (broad SMARTS) is 1. The first-order valence-electron chi connectivity index (χ1n) is 9.35. The first-order chi connectivity index (χ1) is 12.7. The van der Waals surface area contributed by atoms with Gasteiger partial charge in [0.15, 0.2) is 0 Å². The third-order valence-corrected chi connectivity index (χ3v) is 5.27. The van der Waals surface area contributed by atoms with E-state index in [0.29, 0.717) is 11.6 Å². The van der Waals surface area contributed by atoms with Gasteiger partial charge < -0.3 is 15.7 Å². The molecule has 1 atom stereocenters. The number of anilines is 1. The van der Waals surface area contributed by atoms with Gasteiger partial charge in [-0.25, -0.2) is 4.79 Å². The minimum absolute atomic E-state index is 0.370. The second-order valence-electron chi connectivity index (χ2n) is 7.10. The Hall–Kier alpha value is -2.59. The van der Waals surface area contributed by atoms with Crippen molar-refractivity contribution in [1.82, 2.24) is 5.32 Å². The zero-order valence-corrected chi connectivity index (χ0v) is 14.8. The summed E-state index contributed by atoms with van der Waals surface area (Å²) in [5.41, 5.74) is 6.21. The van der Waals surface area contributed by atoms with Crippen molar-refractivity contribution in [1.29, 1.82) is 0 Å². The van der Waals surface area contributed by atoms with Crippen molar-refractivity contribution < 1.29 is 9.90 Å². The van der Waals surface area contributed by atoms with Gasteiger partial charge in [0.05, 0.1) is 5.56 Å². The lowest BCUT2D eigenvalue weighted by Gasteiger charge is -2.15. The van der Waals surface area contributed by atoms with E-state index in [1.165, 1.54) is 11.1 Å². The standard InChI is InChI=1S/C22H24N2O2/c25-22(26)17-7-10-21-16(13-17)3-1-2-4-20(21)15-5-8-18(9-6-15)24-19-11-12-23-14-19/h4-10,13,19,23-24H,1-3,11-12,14H2,(H,25,26). The first-order valence-corrected chi connectivity index (χ1v) is 9.35. The number of benzene rings is 2. The van der Waals surface area contributed by atoms with Gasteiger partial charge in [0, 0.05) is 18.3 Å². The smallest absolute Gasteiger partial charge is 0.335 e. The number of rotatable bonds is 4. The van der Waals surface area contributed by atoms with E-state index in [0.717, 1.165) is 55.6 Å². The Kier molecular flexibility index (Phi) is 4.76. The lowest BCUT2D eigenvalue weighted by atomic mass is 9.92. The molecular formula is C22H24N2O2. The first kappa shape index (κ1) is 16.9. The highest BCUT2D eigenvalue weighted by Gasteiger charge is 2.16. The predicted octanol–water partition coefficient (Wildman–Crippen LogP) is 3.93. The van der Waals surface area contributed by atoms with Crippen LogP contribution in [0.4, 0.5) is 5.69 Å². The Labute approximate surface area is 153 Å². The topological polar surface area (TPSA) is 61.4 Å². The van der Waals surface area contributed by atoms with Gasteiger partial charge in [0.1, 0.15) is 0 Å². The van der Waals surface area contributed by atoms with Crippen molar-refractivity contribution in [3.8, 4) is 0 Å². The summed E-state index contributed by atoms with van der Waals surface area (Å²) in [6.45, 7) is 2.10. The summed E-state index contributed by atoms with van der Waals surface area (Å²) in [5, 5.41) is 16.2. The van der Waals surface area contributed by atoms with Crippen molar-refractivity contribution in [3.63, 3.8) is 0 Å². The minimum Gasteiger partial charge on any atom is -0.478 e. The molecule has 1 saturated heterocycles. The maximum Gasteiger partial charge on any atom is 0.335 e. The summed E-state index contributed by atoms with van der Waals surface area (Å²) in [7, 11) is 0. The summed E-state index contributed by atoms with van der Waals surface area (Å²) in [6, 6.07) is 14.6. The number of aryl methyl sites for hydroxylation is 1. The predicted molar refractivity (Wildman–Crippen MR) is 105 cm³/mol. The summed E-state index contributed by atoms with van der Waals surface area (Å²) in [4.78, 5) is 11.3. The molecule has 1 heterocycles. The molecule has 1 aliphatic heterocycles. The highest BCUT2D eigenvalue weighted by Crippen LogP contribution is 2.32. The largest absolute Gasteiger partial charge is 0.478 e. The molecule has 4 heteroatoms. The summed E-state index contributed by atoms with van der Waals surface area (Å²) >= 11 is 0. The Morgan fingerprint density at radius 3 is 2.73 bits per heavy atom. The number of hydrogen-bond acceptors (Lipinski definition) is 3. The molecule has 1 unspecified atom stereocenters. The quantitative estimate of drug-likeness (QED) is 0.783. The third-order valence-electron chi connectivity index (χ3n) is 5.27. The van der Waals surface area contributed by atoms with Crippen LogP contribution in [-0.2, 0) is 6.42 Å². The van der Waals surface area contributed by atoms with E-state index in [-0.39, 0.29) is 0 Å². The molecule has 3 N–H and O–H groups in total. The monoisotopic (exact) mass is 348 g/mol. The maximum absolute atomic E-state index is 11.3.